The minimum atomic E-state index is 0.956. The molecule has 61 heavy (non-hydrogen) atoms. The van der Waals surface area contributed by atoms with Gasteiger partial charge in [0, 0.05) is 33.2 Å². The molecule has 0 spiro atoms. The van der Waals surface area contributed by atoms with Crippen molar-refractivity contribution in [1.29, 1.82) is 0 Å². The molecule has 2 aromatic heterocycles. The van der Waals surface area contributed by atoms with Crippen LogP contribution < -0.4 is 0 Å². The summed E-state index contributed by atoms with van der Waals surface area (Å²) in [5, 5.41) is 7.90. The Balaban J connectivity index is 1.02. The van der Waals surface area contributed by atoms with Crippen molar-refractivity contribution in [2.45, 2.75) is 6.92 Å². The first kappa shape index (κ1) is 36.1. The van der Waals surface area contributed by atoms with E-state index >= 15 is 0 Å². The highest BCUT2D eigenvalue weighted by molar-refractivity contribution is 6.11. The average molecular weight is 780 g/mol. The van der Waals surface area contributed by atoms with Gasteiger partial charge in [-0.3, -0.25) is 0 Å². The zero-order valence-electron chi connectivity index (χ0n) is 33.8. The molecule has 0 fully saturated rings. The summed E-state index contributed by atoms with van der Waals surface area (Å²) in [4.78, 5) is 0. The molecule has 0 aliphatic carbocycles. The van der Waals surface area contributed by atoms with E-state index in [9.17, 15) is 0 Å². The van der Waals surface area contributed by atoms with E-state index in [1.165, 1.54) is 55.2 Å². The number of fused-ring (bicyclic) bond motifs is 3. The predicted molar refractivity (Wildman–Crippen MR) is 255 cm³/mol. The Labute approximate surface area is 356 Å². The van der Waals surface area contributed by atoms with Crippen molar-refractivity contribution in [2.24, 2.45) is 0 Å². The summed E-state index contributed by atoms with van der Waals surface area (Å²) in [5.41, 5.74) is 19.4. The quantitative estimate of drug-likeness (QED) is 0.151. The Morgan fingerprint density at radius 1 is 0.344 bits per heavy atom. The van der Waals surface area contributed by atoms with Crippen molar-refractivity contribution in [2.75, 3.05) is 0 Å². The third-order valence-electron chi connectivity index (χ3n) is 11.9. The first-order valence-electron chi connectivity index (χ1n) is 20.9. The van der Waals surface area contributed by atoms with Crippen LogP contribution in [0.5, 0.6) is 0 Å². The van der Waals surface area contributed by atoms with Crippen LogP contribution in [0.2, 0.25) is 0 Å². The summed E-state index contributed by atoms with van der Waals surface area (Å²) < 4.78 is 4.50. The number of hydrogen-bond acceptors (Lipinski definition) is 1. The fourth-order valence-electron chi connectivity index (χ4n) is 8.98. The normalized spacial score (nSPS) is 11.4. The average Bonchev–Trinajstić information content (AvgIpc) is 3.90. The maximum absolute atomic E-state index is 5.41. The van der Waals surface area contributed by atoms with E-state index in [1.54, 1.807) is 0 Å². The molecule has 0 aliphatic rings. The van der Waals surface area contributed by atoms with Crippen molar-refractivity contribution in [3.8, 4) is 78.4 Å². The van der Waals surface area contributed by atoms with E-state index in [4.69, 9.17) is 5.10 Å². The number of para-hydroxylation sites is 2. The summed E-state index contributed by atoms with van der Waals surface area (Å²) in [6.07, 6.45) is 0. The zero-order valence-corrected chi connectivity index (χ0v) is 33.8. The summed E-state index contributed by atoms with van der Waals surface area (Å²) in [7, 11) is 0. The lowest BCUT2D eigenvalue weighted by Gasteiger charge is -2.16. The number of benzene rings is 9. The van der Waals surface area contributed by atoms with Gasteiger partial charge < -0.3 is 4.57 Å². The number of aromatic nitrogens is 3. The second kappa shape index (κ2) is 15.3. The van der Waals surface area contributed by atoms with Crippen LogP contribution >= 0.6 is 0 Å². The fourth-order valence-corrected chi connectivity index (χ4v) is 8.98. The maximum atomic E-state index is 5.41. The number of hydrogen-bond donors (Lipinski definition) is 0. The Bertz CT molecular complexity index is 3320. The number of rotatable bonds is 8. The third-order valence-corrected chi connectivity index (χ3v) is 11.9. The first-order chi connectivity index (χ1) is 30.2. The standard InChI is InChI=1S/C58H41N3/c1-40-29-31-42(32-30-40)56-57(43-17-5-2-6-18-43)59-61(58(56)44-19-7-3-8-20-44)47-36-33-41(34-37-47)48-23-11-13-25-50(48)51-26-14-12-24-49(51)45-35-38-55-53(39-45)52-27-15-16-28-54(52)60(55)46-21-9-4-10-22-46/h2-39H,1H3. The summed E-state index contributed by atoms with van der Waals surface area (Å²) >= 11 is 0. The zero-order chi connectivity index (χ0) is 40.7. The molecule has 0 amide bonds. The molecule has 0 bridgehead atoms. The maximum Gasteiger partial charge on any atom is 0.101 e. The molecule has 2 heterocycles. The molecule has 0 saturated carbocycles. The van der Waals surface area contributed by atoms with E-state index in [-0.39, 0.29) is 0 Å². The lowest BCUT2D eigenvalue weighted by Crippen LogP contribution is -2.00. The molecule has 0 saturated heterocycles. The van der Waals surface area contributed by atoms with Gasteiger partial charge in [0.2, 0.25) is 0 Å². The highest BCUT2D eigenvalue weighted by Crippen LogP contribution is 2.43. The molecular weight excluding hydrogens is 739 g/mol. The van der Waals surface area contributed by atoms with Gasteiger partial charge in [-0.05, 0) is 88.3 Å². The minimum Gasteiger partial charge on any atom is -0.309 e. The van der Waals surface area contributed by atoms with Crippen molar-refractivity contribution >= 4 is 21.8 Å². The van der Waals surface area contributed by atoms with Crippen LogP contribution in [0.4, 0.5) is 0 Å². The van der Waals surface area contributed by atoms with E-state index in [0.29, 0.717) is 0 Å². The molecule has 11 rings (SSSR count). The smallest absolute Gasteiger partial charge is 0.101 e. The van der Waals surface area contributed by atoms with Crippen molar-refractivity contribution in [3.63, 3.8) is 0 Å². The predicted octanol–water partition coefficient (Wildman–Crippen LogP) is 15.3. The Morgan fingerprint density at radius 3 is 1.52 bits per heavy atom. The van der Waals surface area contributed by atoms with Crippen molar-refractivity contribution < 1.29 is 0 Å². The van der Waals surface area contributed by atoms with Crippen molar-refractivity contribution in [3.05, 3.63) is 236 Å². The van der Waals surface area contributed by atoms with Gasteiger partial charge in [-0.15, -0.1) is 0 Å². The van der Waals surface area contributed by atoms with Crippen LogP contribution in [-0.2, 0) is 0 Å². The van der Waals surface area contributed by atoms with Crippen LogP contribution in [0.3, 0.4) is 0 Å². The van der Waals surface area contributed by atoms with Crippen LogP contribution in [0.15, 0.2) is 231 Å². The molecule has 3 heteroatoms. The molecule has 288 valence electrons. The molecule has 3 nitrogen and oxygen atoms in total. The van der Waals surface area contributed by atoms with Gasteiger partial charge in [0.25, 0.3) is 0 Å². The van der Waals surface area contributed by atoms with Gasteiger partial charge in [-0.2, -0.15) is 5.10 Å². The molecule has 0 radical (unpaired) electrons. The van der Waals surface area contributed by atoms with Crippen LogP contribution in [-0.4, -0.2) is 14.3 Å². The first-order valence-corrected chi connectivity index (χ1v) is 20.9. The summed E-state index contributed by atoms with van der Waals surface area (Å²) in [6.45, 7) is 2.13. The second-order valence-corrected chi connectivity index (χ2v) is 15.6. The number of aryl methyl sites for hydroxylation is 1. The molecule has 0 aliphatic heterocycles. The van der Waals surface area contributed by atoms with Gasteiger partial charge in [-0.1, -0.05) is 194 Å². The van der Waals surface area contributed by atoms with Crippen molar-refractivity contribution in [1.82, 2.24) is 14.3 Å². The second-order valence-electron chi connectivity index (χ2n) is 15.6. The lowest BCUT2D eigenvalue weighted by atomic mass is 9.89. The van der Waals surface area contributed by atoms with Gasteiger partial charge >= 0.3 is 0 Å². The molecular formula is C58H41N3. The molecule has 0 unspecified atom stereocenters. The Kier molecular flexibility index (Phi) is 9.05. The van der Waals surface area contributed by atoms with E-state index < -0.39 is 0 Å². The SMILES string of the molecule is Cc1ccc(-c2c(-c3ccccc3)nn(-c3ccc(-c4ccccc4-c4ccccc4-c4ccc5c(c4)c4ccccc4n5-c4ccccc4)cc3)c2-c2ccccc2)cc1. The van der Waals surface area contributed by atoms with E-state index in [1.807, 2.05) is 0 Å². The van der Waals surface area contributed by atoms with E-state index in [0.717, 1.165) is 50.6 Å². The molecule has 9 aromatic carbocycles. The monoisotopic (exact) mass is 779 g/mol. The lowest BCUT2D eigenvalue weighted by molar-refractivity contribution is 0.892. The van der Waals surface area contributed by atoms with Gasteiger partial charge in [0.1, 0.15) is 5.69 Å². The van der Waals surface area contributed by atoms with E-state index in [2.05, 4.69) is 247 Å². The van der Waals surface area contributed by atoms with Crippen LogP contribution in [0.25, 0.3) is 100 Å². The molecule has 0 atom stereocenters. The Hall–Kier alpha value is -8.01. The minimum absolute atomic E-state index is 0.956. The summed E-state index contributed by atoms with van der Waals surface area (Å²) in [6, 6.07) is 82.8. The van der Waals surface area contributed by atoms with Gasteiger partial charge in [-0.25, -0.2) is 4.68 Å². The van der Waals surface area contributed by atoms with Gasteiger partial charge in [0.15, 0.2) is 0 Å². The molecule has 11 aromatic rings. The highest BCUT2D eigenvalue weighted by atomic mass is 15.3. The topological polar surface area (TPSA) is 22.8 Å². The molecule has 0 N–H and O–H groups in total. The van der Waals surface area contributed by atoms with Crippen LogP contribution in [0.1, 0.15) is 5.56 Å². The fraction of sp³-hybridized carbons (Fsp3) is 0.0172. The summed E-state index contributed by atoms with van der Waals surface area (Å²) in [5.74, 6) is 0. The number of nitrogens with zero attached hydrogens (tertiary/aromatic N) is 3. The van der Waals surface area contributed by atoms with Gasteiger partial charge in [0.05, 0.1) is 22.4 Å². The Morgan fingerprint density at radius 2 is 0.852 bits per heavy atom. The highest BCUT2D eigenvalue weighted by Gasteiger charge is 2.23. The largest absolute Gasteiger partial charge is 0.309 e. The van der Waals surface area contributed by atoms with Crippen LogP contribution in [0, 0.1) is 6.92 Å². The third kappa shape index (κ3) is 6.44.